The van der Waals surface area contributed by atoms with E-state index in [9.17, 15) is 0 Å². The first-order valence-corrected chi connectivity index (χ1v) is 3.85. The molecule has 3 nitrogen and oxygen atoms in total. The minimum atomic E-state index is 0.226. The Kier molecular flexibility index (Phi) is 3.31. The third-order valence-electron chi connectivity index (χ3n) is 1.36. The van der Waals surface area contributed by atoms with Crippen LogP contribution in [-0.2, 0) is 4.74 Å². The predicted octanol–water partition coefficient (Wildman–Crippen LogP) is 2.03. The largest absolute Gasteiger partial charge is 0.466 e. The lowest BCUT2D eigenvalue weighted by Crippen LogP contribution is -2.00. The summed E-state index contributed by atoms with van der Waals surface area (Å²) in [6.07, 6.45) is 1.58. The Morgan fingerprint density at radius 3 is 2.92 bits per heavy atom. The molecule has 0 radical (unpaired) electrons. The molecule has 0 spiro atoms. The monoisotopic (exact) mass is 187 g/mol. The van der Waals surface area contributed by atoms with E-state index < -0.39 is 0 Å². The third kappa shape index (κ3) is 2.36. The number of ether oxygens (including phenoxy) is 2. The summed E-state index contributed by atoms with van der Waals surface area (Å²) in [5.74, 6) is 0.696. The van der Waals surface area contributed by atoms with Crippen molar-refractivity contribution in [1.29, 1.82) is 0 Å². The summed E-state index contributed by atoms with van der Waals surface area (Å²) in [5.41, 5.74) is 0.951. The van der Waals surface area contributed by atoms with Crippen molar-refractivity contribution in [2.45, 2.75) is 6.92 Å². The normalized spacial score (nSPS) is 9.92. The van der Waals surface area contributed by atoms with Gasteiger partial charge in [-0.3, -0.25) is 0 Å². The molecule has 0 aromatic carbocycles. The highest BCUT2D eigenvalue weighted by molar-refractivity contribution is 6.29. The van der Waals surface area contributed by atoms with E-state index in [1.54, 1.807) is 19.4 Å². The van der Waals surface area contributed by atoms with Crippen molar-refractivity contribution < 1.29 is 9.47 Å². The fraction of sp³-hybridized carbons (Fsp3) is 0.375. The van der Waals surface area contributed by atoms with Crippen LogP contribution in [0.2, 0.25) is 5.15 Å². The van der Waals surface area contributed by atoms with Crippen LogP contribution < -0.4 is 4.74 Å². The zero-order valence-electron chi connectivity index (χ0n) is 7.00. The van der Waals surface area contributed by atoms with Gasteiger partial charge in [0.25, 0.3) is 0 Å². The summed E-state index contributed by atoms with van der Waals surface area (Å²) in [7, 11) is 1.57. The van der Waals surface area contributed by atoms with Gasteiger partial charge < -0.3 is 9.47 Å². The molecule has 0 saturated heterocycles. The molecule has 0 fully saturated rings. The lowest BCUT2D eigenvalue weighted by atomic mass is 10.3. The Bertz CT molecular complexity index is 265. The van der Waals surface area contributed by atoms with Gasteiger partial charge in [0.1, 0.15) is 10.9 Å². The smallest absolute Gasteiger partial charge is 0.188 e. The molecule has 4 heteroatoms. The van der Waals surface area contributed by atoms with Crippen LogP contribution >= 0.6 is 11.6 Å². The number of rotatable bonds is 3. The van der Waals surface area contributed by atoms with Crippen LogP contribution in [0, 0.1) is 6.92 Å². The minimum absolute atomic E-state index is 0.226. The number of hydrogen-bond acceptors (Lipinski definition) is 3. The average molecular weight is 188 g/mol. The van der Waals surface area contributed by atoms with Gasteiger partial charge in [-0.15, -0.1) is 0 Å². The average Bonchev–Trinajstić information content (AvgIpc) is 2.03. The zero-order valence-corrected chi connectivity index (χ0v) is 7.76. The van der Waals surface area contributed by atoms with Gasteiger partial charge in [0.15, 0.2) is 6.79 Å². The van der Waals surface area contributed by atoms with Crippen LogP contribution in [0.15, 0.2) is 12.3 Å². The van der Waals surface area contributed by atoms with Gasteiger partial charge in [0.2, 0.25) is 0 Å². The number of halogens is 1. The SMILES string of the molecule is COCOc1cnc(Cl)cc1C. The van der Waals surface area contributed by atoms with Crippen molar-refractivity contribution >= 4 is 11.6 Å². The van der Waals surface area contributed by atoms with E-state index in [0.717, 1.165) is 5.56 Å². The number of aromatic nitrogens is 1. The van der Waals surface area contributed by atoms with Crippen molar-refractivity contribution in [2.24, 2.45) is 0 Å². The fourth-order valence-electron chi connectivity index (χ4n) is 0.783. The molecule has 0 bridgehead atoms. The lowest BCUT2D eigenvalue weighted by Gasteiger charge is -2.06. The molecule has 0 aliphatic carbocycles. The molecule has 66 valence electrons. The zero-order chi connectivity index (χ0) is 8.97. The van der Waals surface area contributed by atoms with Crippen molar-refractivity contribution in [2.75, 3.05) is 13.9 Å². The van der Waals surface area contributed by atoms with Crippen molar-refractivity contribution in [3.8, 4) is 5.75 Å². The highest BCUT2D eigenvalue weighted by Gasteiger charge is 1.99. The van der Waals surface area contributed by atoms with Crippen LogP contribution in [-0.4, -0.2) is 18.9 Å². The highest BCUT2D eigenvalue weighted by atomic mass is 35.5. The van der Waals surface area contributed by atoms with Gasteiger partial charge in [-0.2, -0.15) is 0 Å². The molecular formula is C8H10ClNO2. The predicted molar refractivity (Wildman–Crippen MR) is 46.5 cm³/mol. The van der Waals surface area contributed by atoms with Crippen LogP contribution in [0.3, 0.4) is 0 Å². The standard InChI is InChI=1S/C8H10ClNO2/c1-6-3-8(9)10-4-7(6)12-5-11-2/h3-4H,5H2,1-2H3. The maximum absolute atomic E-state index is 5.65. The summed E-state index contributed by atoms with van der Waals surface area (Å²) >= 11 is 5.65. The van der Waals surface area contributed by atoms with Crippen LogP contribution in [0.4, 0.5) is 0 Å². The maximum Gasteiger partial charge on any atom is 0.188 e. The number of aryl methyl sites for hydroxylation is 1. The first kappa shape index (κ1) is 9.29. The van der Waals surface area contributed by atoms with E-state index in [-0.39, 0.29) is 6.79 Å². The summed E-state index contributed by atoms with van der Waals surface area (Å²) in [5, 5.41) is 0.470. The van der Waals surface area contributed by atoms with Crippen molar-refractivity contribution in [3.63, 3.8) is 0 Å². The van der Waals surface area contributed by atoms with E-state index >= 15 is 0 Å². The quantitative estimate of drug-likeness (QED) is 0.536. The summed E-state index contributed by atoms with van der Waals surface area (Å²) in [4.78, 5) is 3.88. The molecular weight excluding hydrogens is 178 g/mol. The Morgan fingerprint density at radius 2 is 2.33 bits per heavy atom. The van der Waals surface area contributed by atoms with E-state index in [4.69, 9.17) is 21.1 Å². The molecule has 1 aromatic heterocycles. The summed E-state index contributed by atoms with van der Waals surface area (Å²) in [6.45, 7) is 2.13. The van der Waals surface area contributed by atoms with E-state index in [0.29, 0.717) is 10.9 Å². The Balaban J connectivity index is 2.72. The number of methoxy groups -OCH3 is 1. The minimum Gasteiger partial charge on any atom is -0.466 e. The van der Waals surface area contributed by atoms with Crippen LogP contribution in [0.5, 0.6) is 5.75 Å². The maximum atomic E-state index is 5.65. The van der Waals surface area contributed by atoms with Crippen LogP contribution in [0.1, 0.15) is 5.56 Å². The molecule has 1 aromatic rings. The third-order valence-corrected chi connectivity index (χ3v) is 1.57. The van der Waals surface area contributed by atoms with Gasteiger partial charge >= 0.3 is 0 Å². The Labute approximate surface area is 76.3 Å². The van der Waals surface area contributed by atoms with E-state index in [1.807, 2.05) is 6.92 Å². The lowest BCUT2D eigenvalue weighted by molar-refractivity contribution is 0.0503. The molecule has 0 aliphatic heterocycles. The van der Waals surface area contributed by atoms with Crippen molar-refractivity contribution in [3.05, 3.63) is 23.0 Å². The van der Waals surface area contributed by atoms with E-state index in [1.165, 1.54) is 0 Å². The Hall–Kier alpha value is -0.800. The highest BCUT2D eigenvalue weighted by Crippen LogP contribution is 2.18. The van der Waals surface area contributed by atoms with Crippen LogP contribution in [0.25, 0.3) is 0 Å². The van der Waals surface area contributed by atoms with Gasteiger partial charge in [0.05, 0.1) is 6.20 Å². The summed E-state index contributed by atoms with van der Waals surface area (Å²) < 4.78 is 9.95. The van der Waals surface area contributed by atoms with Gasteiger partial charge in [-0.05, 0) is 18.6 Å². The molecule has 0 N–H and O–H groups in total. The molecule has 0 amide bonds. The second-order valence-corrected chi connectivity index (χ2v) is 2.71. The summed E-state index contributed by atoms with van der Waals surface area (Å²) in [6, 6.07) is 1.74. The second-order valence-electron chi connectivity index (χ2n) is 2.32. The molecule has 12 heavy (non-hydrogen) atoms. The first-order chi connectivity index (χ1) is 5.74. The van der Waals surface area contributed by atoms with Gasteiger partial charge in [-0.25, -0.2) is 4.98 Å². The van der Waals surface area contributed by atoms with Crippen molar-refractivity contribution in [1.82, 2.24) is 4.98 Å². The number of pyridine rings is 1. The first-order valence-electron chi connectivity index (χ1n) is 3.48. The fourth-order valence-corrected chi connectivity index (χ4v) is 0.995. The van der Waals surface area contributed by atoms with Gasteiger partial charge in [0, 0.05) is 7.11 Å². The molecule has 0 atom stereocenters. The molecule has 0 unspecified atom stereocenters. The Morgan fingerprint density at radius 1 is 1.58 bits per heavy atom. The second kappa shape index (κ2) is 4.28. The van der Waals surface area contributed by atoms with E-state index in [2.05, 4.69) is 4.98 Å². The molecule has 0 aliphatic rings. The molecule has 1 rings (SSSR count). The molecule has 0 saturated carbocycles. The molecule has 1 heterocycles. The number of nitrogens with zero attached hydrogens (tertiary/aromatic N) is 1. The van der Waals surface area contributed by atoms with Gasteiger partial charge in [-0.1, -0.05) is 11.6 Å². The number of hydrogen-bond donors (Lipinski definition) is 0. The topological polar surface area (TPSA) is 31.4 Å².